The van der Waals surface area contributed by atoms with E-state index in [2.05, 4.69) is 89.2 Å². The first-order valence-electron chi connectivity index (χ1n) is 8.85. The van der Waals surface area contributed by atoms with Crippen molar-refractivity contribution < 1.29 is 51.0 Å². The normalized spacial score (nSPS) is 15.7. The topological polar surface area (TPSA) is 0 Å². The SMILES string of the molecule is CCC1=[C-]C(C)(C)C(C)=C1C.[C-]1=CCc2ccc3ccccc3c21.[Cl-].[Cl-].[Zr+4]. The third-order valence-electron chi connectivity index (χ3n) is 5.35. The minimum Gasteiger partial charge on any atom is -1.00 e. The molecule has 0 spiro atoms. The van der Waals surface area contributed by atoms with Gasteiger partial charge in [0.15, 0.2) is 0 Å². The smallest absolute Gasteiger partial charge is 1.00 e. The molecule has 140 valence electrons. The zero-order valence-corrected chi connectivity index (χ0v) is 20.7. The molecule has 27 heavy (non-hydrogen) atoms. The van der Waals surface area contributed by atoms with Gasteiger partial charge in [-0.1, -0.05) is 75.6 Å². The largest absolute Gasteiger partial charge is 4.00 e. The first-order valence-corrected chi connectivity index (χ1v) is 8.85. The monoisotopic (exact) mass is 474 g/mol. The van der Waals surface area contributed by atoms with Gasteiger partial charge in [-0.2, -0.15) is 28.9 Å². The van der Waals surface area contributed by atoms with E-state index in [9.17, 15) is 0 Å². The van der Waals surface area contributed by atoms with Crippen molar-refractivity contribution in [2.75, 3.05) is 0 Å². The number of allylic oxidation sites excluding steroid dienone is 5. The van der Waals surface area contributed by atoms with Gasteiger partial charge in [-0.05, 0) is 0 Å². The Labute approximate surface area is 196 Å². The fourth-order valence-electron chi connectivity index (χ4n) is 3.53. The first-order chi connectivity index (χ1) is 11.4. The number of rotatable bonds is 1. The average Bonchev–Trinajstić information content (AvgIpc) is 3.14. The van der Waals surface area contributed by atoms with Crippen LogP contribution in [0.5, 0.6) is 0 Å². The van der Waals surface area contributed by atoms with Crippen molar-refractivity contribution in [3.8, 4) is 0 Å². The van der Waals surface area contributed by atoms with Gasteiger partial charge in [0.05, 0.1) is 0 Å². The molecule has 0 saturated carbocycles. The van der Waals surface area contributed by atoms with Crippen molar-refractivity contribution in [2.24, 2.45) is 5.41 Å². The van der Waals surface area contributed by atoms with Crippen LogP contribution >= 0.6 is 0 Å². The third-order valence-corrected chi connectivity index (χ3v) is 5.35. The molecular formula is C24H26Cl2Zr. The summed E-state index contributed by atoms with van der Waals surface area (Å²) in [6.45, 7) is 11.1. The van der Waals surface area contributed by atoms with Gasteiger partial charge in [-0.25, -0.2) is 5.57 Å². The second-order valence-electron chi connectivity index (χ2n) is 7.21. The Morgan fingerprint density at radius 3 is 2.22 bits per heavy atom. The fraction of sp³-hybridized carbons (Fsp3) is 0.333. The van der Waals surface area contributed by atoms with Crippen molar-refractivity contribution in [3.63, 3.8) is 0 Å². The van der Waals surface area contributed by atoms with Crippen LogP contribution in [0.1, 0.15) is 52.2 Å². The van der Waals surface area contributed by atoms with Crippen molar-refractivity contribution in [3.05, 3.63) is 82.5 Å². The third kappa shape index (κ3) is 5.47. The van der Waals surface area contributed by atoms with Crippen molar-refractivity contribution in [1.29, 1.82) is 0 Å². The Kier molecular flexibility index (Phi) is 10.6. The quantitative estimate of drug-likeness (QED) is 0.530. The molecule has 0 saturated heterocycles. The Balaban J connectivity index is 0.000000457. The van der Waals surface area contributed by atoms with E-state index in [4.69, 9.17) is 0 Å². The van der Waals surface area contributed by atoms with E-state index >= 15 is 0 Å². The molecule has 0 nitrogen and oxygen atoms in total. The molecule has 0 fully saturated rings. The summed E-state index contributed by atoms with van der Waals surface area (Å²) in [5, 5.41) is 2.64. The van der Waals surface area contributed by atoms with E-state index in [1.807, 2.05) is 0 Å². The molecular weight excluding hydrogens is 450 g/mol. The molecule has 0 heterocycles. The van der Waals surface area contributed by atoms with E-state index < -0.39 is 0 Å². The minimum atomic E-state index is 0. The molecule has 0 N–H and O–H groups in total. The van der Waals surface area contributed by atoms with Crippen molar-refractivity contribution >= 4 is 10.8 Å². The van der Waals surface area contributed by atoms with E-state index in [0.717, 1.165) is 12.8 Å². The zero-order valence-electron chi connectivity index (χ0n) is 16.7. The van der Waals surface area contributed by atoms with Crippen LogP contribution in [0, 0.1) is 17.6 Å². The number of benzene rings is 2. The zero-order chi connectivity index (χ0) is 17.3. The number of fused-ring (bicyclic) bond motifs is 3. The van der Waals surface area contributed by atoms with Gasteiger partial charge >= 0.3 is 26.2 Å². The van der Waals surface area contributed by atoms with Crippen molar-refractivity contribution in [1.82, 2.24) is 0 Å². The van der Waals surface area contributed by atoms with Gasteiger partial charge in [-0.15, -0.1) is 30.0 Å². The first kappa shape index (κ1) is 26.4. The summed E-state index contributed by atoms with van der Waals surface area (Å²) in [6.07, 6.45) is 11.1. The summed E-state index contributed by atoms with van der Waals surface area (Å²) >= 11 is 0. The summed E-state index contributed by atoms with van der Waals surface area (Å²) in [4.78, 5) is 0. The predicted molar refractivity (Wildman–Crippen MR) is 104 cm³/mol. The van der Waals surface area contributed by atoms with Crippen LogP contribution < -0.4 is 24.8 Å². The maximum absolute atomic E-state index is 3.52. The maximum atomic E-state index is 3.52. The van der Waals surface area contributed by atoms with Gasteiger partial charge in [0.2, 0.25) is 0 Å². The molecule has 4 rings (SSSR count). The van der Waals surface area contributed by atoms with Crippen LogP contribution in [-0.4, -0.2) is 0 Å². The molecule has 2 aromatic rings. The Morgan fingerprint density at radius 1 is 1.00 bits per heavy atom. The number of halogens is 2. The van der Waals surface area contributed by atoms with Gasteiger partial charge in [0.1, 0.15) is 0 Å². The van der Waals surface area contributed by atoms with Gasteiger partial charge in [-0.3, -0.25) is 6.08 Å². The molecule has 3 heteroatoms. The summed E-state index contributed by atoms with van der Waals surface area (Å²) in [6, 6.07) is 12.9. The minimum absolute atomic E-state index is 0. The van der Waals surface area contributed by atoms with Crippen LogP contribution in [0.2, 0.25) is 0 Å². The average molecular weight is 477 g/mol. The van der Waals surface area contributed by atoms with Gasteiger partial charge in [0, 0.05) is 0 Å². The van der Waals surface area contributed by atoms with E-state index in [1.165, 1.54) is 38.6 Å². The molecule has 0 aliphatic heterocycles. The molecule has 2 aromatic carbocycles. The Bertz CT molecular complexity index is 873. The van der Waals surface area contributed by atoms with E-state index in [0.29, 0.717) is 0 Å². The molecule has 2 aliphatic rings. The molecule has 2 aliphatic carbocycles. The van der Waals surface area contributed by atoms with Crippen molar-refractivity contribution in [2.45, 2.75) is 47.5 Å². The Morgan fingerprint density at radius 2 is 1.67 bits per heavy atom. The number of hydrogen-bond acceptors (Lipinski definition) is 0. The summed E-state index contributed by atoms with van der Waals surface area (Å²) in [7, 11) is 0. The second-order valence-corrected chi connectivity index (χ2v) is 7.21. The van der Waals surface area contributed by atoms with E-state index in [1.54, 1.807) is 0 Å². The summed E-state index contributed by atoms with van der Waals surface area (Å²) in [5.74, 6) is 0. The summed E-state index contributed by atoms with van der Waals surface area (Å²) < 4.78 is 0. The molecule has 0 unspecified atom stereocenters. The number of hydrogen-bond donors (Lipinski definition) is 0. The molecule has 0 bridgehead atoms. The standard InChI is InChI=1S/C13H9.C11H17.2ClH.Zr/c1-2-6-12-10(4-1)8-9-11-5-3-7-13(11)12;1-6-10-7-11(4,5)9(3)8(10)2;;;/h1-4,6,8-9H,5H2;6H2,1-5H3;2*1H;/q2*-1;;;+4/p-2. The van der Waals surface area contributed by atoms with Crippen LogP contribution in [0.4, 0.5) is 0 Å². The van der Waals surface area contributed by atoms with Crippen LogP contribution in [-0.2, 0) is 32.6 Å². The second kappa shape index (κ2) is 10.8. The molecule has 0 aromatic heterocycles. The van der Waals surface area contributed by atoms with Gasteiger partial charge < -0.3 is 24.8 Å². The van der Waals surface area contributed by atoms with Crippen LogP contribution in [0.3, 0.4) is 0 Å². The van der Waals surface area contributed by atoms with Gasteiger partial charge in [0.25, 0.3) is 0 Å². The summed E-state index contributed by atoms with van der Waals surface area (Å²) in [5.41, 5.74) is 7.23. The Hall–Kier alpha value is -0.617. The fourth-order valence-corrected chi connectivity index (χ4v) is 3.53. The molecule has 0 radical (unpaired) electrons. The molecule has 0 amide bonds. The predicted octanol–water partition coefficient (Wildman–Crippen LogP) is 0.611. The molecule has 0 atom stereocenters. The van der Waals surface area contributed by atoms with Crippen LogP contribution in [0.15, 0.2) is 59.2 Å². The maximum Gasteiger partial charge on any atom is 4.00 e. The van der Waals surface area contributed by atoms with Crippen LogP contribution in [0.25, 0.3) is 10.8 Å². The van der Waals surface area contributed by atoms with E-state index in [-0.39, 0.29) is 56.4 Å².